The molecule has 0 amide bonds. The van der Waals surface area contributed by atoms with Crippen molar-refractivity contribution in [2.75, 3.05) is 6.61 Å². The molecule has 1 aliphatic rings. The quantitative estimate of drug-likeness (QED) is 0.470. The van der Waals surface area contributed by atoms with Crippen LogP contribution in [0, 0.1) is 5.92 Å². The molecule has 0 aromatic carbocycles. The van der Waals surface area contributed by atoms with Gasteiger partial charge in [0.05, 0.1) is 6.61 Å². The minimum absolute atomic E-state index is 0.0440. The highest BCUT2D eigenvalue weighted by Gasteiger charge is 2.39. The summed E-state index contributed by atoms with van der Waals surface area (Å²) in [6.07, 6.45) is 8.05. The van der Waals surface area contributed by atoms with Gasteiger partial charge in [-0.05, 0) is 69.5 Å². The van der Waals surface area contributed by atoms with E-state index in [9.17, 15) is 4.79 Å². The Morgan fingerprint density at radius 2 is 1.73 bits per heavy atom. The number of esters is 1. The van der Waals surface area contributed by atoms with Crippen LogP contribution in [0.3, 0.4) is 0 Å². The van der Waals surface area contributed by atoms with Crippen LogP contribution in [-0.4, -0.2) is 27.0 Å². The average molecular weight is 329 g/mol. The maximum Gasteiger partial charge on any atom is 0.305 e. The molecule has 0 spiro atoms. The molecule has 0 unspecified atom stereocenters. The van der Waals surface area contributed by atoms with E-state index in [0.29, 0.717) is 24.2 Å². The zero-order chi connectivity index (χ0) is 16.8. The second-order valence-corrected chi connectivity index (χ2v) is 13.0. The number of rotatable bonds is 7. The van der Waals surface area contributed by atoms with Gasteiger partial charge in [-0.2, -0.15) is 0 Å². The molecule has 1 rings (SSSR count). The highest BCUT2D eigenvalue weighted by atomic mass is 28.4. The summed E-state index contributed by atoms with van der Waals surface area (Å²) in [6.45, 7) is 14.0. The first-order valence-electron chi connectivity index (χ1n) is 8.99. The lowest BCUT2D eigenvalue weighted by molar-refractivity contribution is -0.143. The van der Waals surface area contributed by atoms with E-state index in [-0.39, 0.29) is 5.97 Å². The van der Waals surface area contributed by atoms with Crippen LogP contribution in [0.15, 0.2) is 0 Å². The predicted octanol–water partition coefficient (Wildman–Crippen LogP) is 5.30. The van der Waals surface area contributed by atoms with Crippen molar-refractivity contribution < 1.29 is 14.0 Å². The molecule has 0 saturated heterocycles. The third kappa shape index (κ3) is 6.41. The standard InChI is InChI=1S/C18H36O3Si/c1-7-20-17(19)10-8-9-15-11-13-16(14-12-15)21-22(5,6)18(2,3)4/h15-16H,7-14H2,1-6H3. The minimum Gasteiger partial charge on any atom is -0.466 e. The van der Waals surface area contributed by atoms with Crippen LogP contribution in [0.1, 0.15) is 72.6 Å². The molecule has 130 valence electrons. The molecule has 3 nitrogen and oxygen atoms in total. The van der Waals surface area contributed by atoms with E-state index >= 15 is 0 Å². The second kappa shape index (κ2) is 8.49. The van der Waals surface area contributed by atoms with E-state index in [1.165, 1.54) is 25.7 Å². The van der Waals surface area contributed by atoms with Gasteiger partial charge in [0.15, 0.2) is 8.32 Å². The van der Waals surface area contributed by atoms with Crippen LogP contribution in [0.2, 0.25) is 18.1 Å². The van der Waals surface area contributed by atoms with Gasteiger partial charge in [0, 0.05) is 12.5 Å². The highest BCUT2D eigenvalue weighted by molar-refractivity contribution is 6.74. The molecule has 0 atom stereocenters. The largest absolute Gasteiger partial charge is 0.466 e. The summed E-state index contributed by atoms with van der Waals surface area (Å²) >= 11 is 0. The maximum absolute atomic E-state index is 11.3. The Balaban J connectivity index is 2.25. The second-order valence-electron chi connectivity index (χ2n) is 8.22. The van der Waals surface area contributed by atoms with E-state index in [1.807, 2.05) is 6.92 Å². The van der Waals surface area contributed by atoms with Crippen molar-refractivity contribution >= 4 is 14.3 Å². The maximum atomic E-state index is 11.3. The average Bonchev–Trinajstić information content (AvgIpc) is 2.39. The van der Waals surface area contributed by atoms with E-state index in [4.69, 9.17) is 9.16 Å². The normalized spacial score (nSPS) is 23.4. The summed E-state index contributed by atoms with van der Waals surface area (Å²) in [5.41, 5.74) is 0. The molecule has 0 aromatic rings. The number of hydrogen-bond acceptors (Lipinski definition) is 3. The zero-order valence-corrected chi connectivity index (χ0v) is 16.5. The van der Waals surface area contributed by atoms with E-state index < -0.39 is 8.32 Å². The van der Waals surface area contributed by atoms with E-state index in [0.717, 1.165) is 18.8 Å². The zero-order valence-electron chi connectivity index (χ0n) is 15.5. The van der Waals surface area contributed by atoms with Gasteiger partial charge in [0.25, 0.3) is 0 Å². The number of ether oxygens (including phenoxy) is 1. The predicted molar refractivity (Wildman–Crippen MR) is 94.5 cm³/mol. The Morgan fingerprint density at radius 3 is 2.23 bits per heavy atom. The molecule has 0 bridgehead atoms. The summed E-state index contributed by atoms with van der Waals surface area (Å²) in [7, 11) is -1.62. The van der Waals surface area contributed by atoms with Crippen molar-refractivity contribution in [3.8, 4) is 0 Å². The first kappa shape index (κ1) is 19.7. The third-order valence-electron chi connectivity index (χ3n) is 5.36. The van der Waals surface area contributed by atoms with Crippen molar-refractivity contribution in [1.29, 1.82) is 0 Å². The number of carbonyl (C=O) groups excluding carboxylic acids is 1. The Morgan fingerprint density at radius 1 is 1.14 bits per heavy atom. The van der Waals surface area contributed by atoms with Gasteiger partial charge in [0.2, 0.25) is 0 Å². The molecule has 0 radical (unpaired) electrons. The fraction of sp³-hybridized carbons (Fsp3) is 0.944. The number of carbonyl (C=O) groups is 1. The van der Waals surface area contributed by atoms with Gasteiger partial charge in [-0.3, -0.25) is 4.79 Å². The van der Waals surface area contributed by atoms with Gasteiger partial charge in [-0.1, -0.05) is 20.8 Å². The van der Waals surface area contributed by atoms with Crippen LogP contribution >= 0.6 is 0 Å². The lowest BCUT2D eigenvalue weighted by Crippen LogP contribution is -2.44. The topological polar surface area (TPSA) is 35.5 Å². The van der Waals surface area contributed by atoms with Crippen LogP contribution in [-0.2, 0) is 14.0 Å². The molecule has 1 aliphatic carbocycles. The van der Waals surface area contributed by atoms with Crippen molar-refractivity contribution in [2.24, 2.45) is 5.92 Å². The Bertz CT molecular complexity index is 339. The SMILES string of the molecule is CCOC(=O)CCCC1CCC(O[Si](C)(C)C(C)(C)C)CC1. The number of hydrogen-bond donors (Lipinski definition) is 0. The fourth-order valence-electron chi connectivity index (χ4n) is 2.90. The van der Waals surface area contributed by atoms with Gasteiger partial charge in [0.1, 0.15) is 0 Å². The van der Waals surface area contributed by atoms with Crippen LogP contribution in [0.25, 0.3) is 0 Å². The first-order valence-corrected chi connectivity index (χ1v) is 11.9. The smallest absolute Gasteiger partial charge is 0.305 e. The van der Waals surface area contributed by atoms with Gasteiger partial charge in [-0.25, -0.2) is 0 Å². The monoisotopic (exact) mass is 328 g/mol. The van der Waals surface area contributed by atoms with Crippen molar-refractivity contribution in [1.82, 2.24) is 0 Å². The van der Waals surface area contributed by atoms with Gasteiger partial charge >= 0.3 is 5.97 Å². The van der Waals surface area contributed by atoms with Crippen molar-refractivity contribution in [3.05, 3.63) is 0 Å². The van der Waals surface area contributed by atoms with Crippen LogP contribution in [0.5, 0.6) is 0 Å². The summed E-state index contributed by atoms with van der Waals surface area (Å²) < 4.78 is 11.5. The summed E-state index contributed by atoms with van der Waals surface area (Å²) in [4.78, 5) is 11.3. The summed E-state index contributed by atoms with van der Waals surface area (Å²) in [6, 6.07) is 0. The molecule has 22 heavy (non-hydrogen) atoms. The minimum atomic E-state index is -1.62. The van der Waals surface area contributed by atoms with E-state index in [2.05, 4.69) is 33.9 Å². The lowest BCUT2D eigenvalue weighted by Gasteiger charge is -2.41. The van der Waals surface area contributed by atoms with Crippen LogP contribution in [0.4, 0.5) is 0 Å². The molecule has 0 aromatic heterocycles. The molecule has 0 heterocycles. The van der Waals surface area contributed by atoms with Crippen molar-refractivity contribution in [2.45, 2.75) is 96.9 Å². The molecule has 0 N–H and O–H groups in total. The highest BCUT2D eigenvalue weighted by Crippen LogP contribution is 2.40. The van der Waals surface area contributed by atoms with Crippen molar-refractivity contribution in [3.63, 3.8) is 0 Å². The first-order chi connectivity index (χ1) is 10.2. The molecule has 4 heteroatoms. The Labute approximate surface area is 138 Å². The summed E-state index contributed by atoms with van der Waals surface area (Å²) in [5, 5.41) is 0.295. The van der Waals surface area contributed by atoms with Crippen LogP contribution < -0.4 is 0 Å². The Kier molecular flexibility index (Phi) is 7.60. The Hall–Kier alpha value is -0.353. The molecule has 0 aliphatic heterocycles. The lowest BCUT2D eigenvalue weighted by atomic mass is 9.84. The third-order valence-corrected chi connectivity index (χ3v) is 9.89. The fourth-order valence-corrected chi connectivity index (χ4v) is 4.32. The molecular weight excluding hydrogens is 292 g/mol. The molecule has 1 fully saturated rings. The van der Waals surface area contributed by atoms with Gasteiger partial charge < -0.3 is 9.16 Å². The summed E-state index contributed by atoms with van der Waals surface area (Å²) in [5.74, 6) is 0.728. The molecular formula is C18H36O3Si. The van der Waals surface area contributed by atoms with E-state index in [1.54, 1.807) is 0 Å². The molecule has 1 saturated carbocycles. The van der Waals surface area contributed by atoms with Gasteiger partial charge in [-0.15, -0.1) is 0 Å².